The van der Waals surface area contributed by atoms with E-state index < -0.39 is 17.4 Å². The number of hydrogen-bond acceptors (Lipinski definition) is 3. The van der Waals surface area contributed by atoms with Crippen molar-refractivity contribution < 1.29 is 14.7 Å². The van der Waals surface area contributed by atoms with Gasteiger partial charge in [0.2, 0.25) is 0 Å². The number of carboxylic acids is 1. The largest absolute Gasteiger partial charge is 0.480 e. The number of aryl methyl sites for hydroxylation is 2. The number of carbonyl (C=O) groups excluding carboxylic acids is 1. The molecule has 0 unspecified atom stereocenters. The molecule has 1 aromatic rings. The summed E-state index contributed by atoms with van der Waals surface area (Å²) >= 11 is 1.49. The van der Waals surface area contributed by atoms with Gasteiger partial charge in [-0.2, -0.15) is 0 Å². The predicted molar refractivity (Wildman–Crippen MR) is 74.7 cm³/mol. The second kappa shape index (κ2) is 4.96. The second-order valence-corrected chi connectivity index (χ2v) is 7.16. The van der Waals surface area contributed by atoms with E-state index in [1.54, 1.807) is 20.8 Å². The molecule has 1 aliphatic carbocycles. The van der Waals surface area contributed by atoms with Crippen molar-refractivity contribution in [3.8, 4) is 0 Å². The topological polar surface area (TPSA) is 66.4 Å². The van der Waals surface area contributed by atoms with E-state index in [1.165, 1.54) is 21.8 Å². The molecule has 1 heterocycles. The molecule has 0 bridgehead atoms. The van der Waals surface area contributed by atoms with Gasteiger partial charge in [-0.05, 0) is 36.3 Å². The first kappa shape index (κ1) is 14.1. The van der Waals surface area contributed by atoms with Gasteiger partial charge >= 0.3 is 5.97 Å². The Bertz CT molecular complexity index is 492. The number of hydrogen-bond donors (Lipinski definition) is 2. The van der Waals surface area contributed by atoms with Crippen molar-refractivity contribution in [2.75, 3.05) is 0 Å². The fraction of sp³-hybridized carbons (Fsp3) is 0.571. The Morgan fingerprint density at radius 1 is 1.37 bits per heavy atom. The lowest BCUT2D eigenvalue weighted by molar-refractivity contribution is -0.142. The Hall–Kier alpha value is -1.36. The zero-order valence-corrected chi connectivity index (χ0v) is 12.3. The highest BCUT2D eigenvalue weighted by Crippen LogP contribution is 2.31. The molecule has 0 aromatic carbocycles. The summed E-state index contributed by atoms with van der Waals surface area (Å²) in [7, 11) is 0. The molecule has 2 N–H and O–H groups in total. The first-order chi connectivity index (χ1) is 8.79. The van der Waals surface area contributed by atoms with E-state index in [9.17, 15) is 14.7 Å². The van der Waals surface area contributed by atoms with Crippen molar-refractivity contribution in [1.82, 2.24) is 5.32 Å². The lowest BCUT2D eigenvalue weighted by atomic mass is 9.87. The smallest absolute Gasteiger partial charge is 0.326 e. The third-order valence-corrected chi connectivity index (χ3v) is 4.59. The van der Waals surface area contributed by atoms with Gasteiger partial charge in [0.25, 0.3) is 5.91 Å². The highest BCUT2D eigenvalue weighted by Gasteiger charge is 2.33. The second-order valence-electron chi connectivity index (χ2n) is 6.02. The third kappa shape index (κ3) is 2.97. The zero-order valence-electron chi connectivity index (χ0n) is 11.4. The van der Waals surface area contributed by atoms with Crippen molar-refractivity contribution in [1.29, 1.82) is 0 Å². The van der Waals surface area contributed by atoms with Crippen LogP contribution in [-0.4, -0.2) is 23.0 Å². The van der Waals surface area contributed by atoms with Gasteiger partial charge in [-0.3, -0.25) is 4.79 Å². The average Bonchev–Trinajstić information content (AvgIpc) is 2.82. The summed E-state index contributed by atoms with van der Waals surface area (Å²) in [4.78, 5) is 25.3. The number of rotatable bonds is 3. The maximum atomic E-state index is 12.1. The molecule has 1 atom stereocenters. The molecule has 5 heteroatoms. The highest BCUT2D eigenvalue weighted by atomic mass is 32.1. The van der Waals surface area contributed by atoms with Gasteiger partial charge in [0.15, 0.2) is 0 Å². The van der Waals surface area contributed by atoms with E-state index in [-0.39, 0.29) is 5.91 Å². The number of fused-ring (bicyclic) bond motifs is 1. The average molecular weight is 281 g/mol. The van der Waals surface area contributed by atoms with E-state index in [0.717, 1.165) is 19.3 Å². The summed E-state index contributed by atoms with van der Waals surface area (Å²) < 4.78 is 0. The van der Waals surface area contributed by atoms with Crippen molar-refractivity contribution in [2.24, 2.45) is 5.41 Å². The molecule has 1 aromatic heterocycles. The Kier molecular flexibility index (Phi) is 3.67. The Balaban J connectivity index is 2.13. The van der Waals surface area contributed by atoms with Crippen LogP contribution in [-0.2, 0) is 17.6 Å². The predicted octanol–water partition coefficient (Wildman–Crippen LogP) is 2.47. The van der Waals surface area contributed by atoms with Gasteiger partial charge in [-0.15, -0.1) is 11.3 Å². The minimum Gasteiger partial charge on any atom is -0.480 e. The van der Waals surface area contributed by atoms with Gasteiger partial charge in [0.05, 0.1) is 4.88 Å². The lowest BCUT2D eigenvalue weighted by Gasteiger charge is -2.27. The van der Waals surface area contributed by atoms with Crippen molar-refractivity contribution >= 4 is 23.2 Å². The van der Waals surface area contributed by atoms with Crippen LogP contribution in [0.15, 0.2) is 6.07 Å². The Morgan fingerprint density at radius 2 is 2.05 bits per heavy atom. The van der Waals surface area contributed by atoms with Crippen LogP contribution in [0, 0.1) is 5.41 Å². The Morgan fingerprint density at radius 3 is 2.58 bits per heavy atom. The van der Waals surface area contributed by atoms with Gasteiger partial charge in [-0.1, -0.05) is 20.8 Å². The van der Waals surface area contributed by atoms with Crippen molar-refractivity contribution in [2.45, 2.75) is 46.1 Å². The fourth-order valence-electron chi connectivity index (χ4n) is 2.29. The molecule has 19 heavy (non-hydrogen) atoms. The summed E-state index contributed by atoms with van der Waals surface area (Å²) in [5.74, 6) is -1.27. The number of thiophene rings is 1. The van der Waals surface area contributed by atoms with E-state index in [1.807, 2.05) is 6.07 Å². The van der Waals surface area contributed by atoms with Crippen LogP contribution in [0.2, 0.25) is 0 Å². The minimum absolute atomic E-state index is 0.276. The van der Waals surface area contributed by atoms with Crippen LogP contribution in [0.1, 0.15) is 47.3 Å². The number of amides is 1. The lowest BCUT2D eigenvalue weighted by Crippen LogP contribution is -2.48. The fourth-order valence-corrected chi connectivity index (χ4v) is 3.45. The quantitative estimate of drug-likeness (QED) is 0.894. The molecule has 0 spiro atoms. The molecule has 1 aliphatic rings. The SMILES string of the molecule is CC(C)(C)[C@H](NC(=O)c1cc2c(s1)CCC2)C(=O)O. The minimum atomic E-state index is -0.995. The van der Waals surface area contributed by atoms with Crippen LogP contribution >= 0.6 is 11.3 Å². The normalized spacial score (nSPS) is 15.9. The van der Waals surface area contributed by atoms with Crippen LogP contribution in [0.5, 0.6) is 0 Å². The van der Waals surface area contributed by atoms with E-state index >= 15 is 0 Å². The molecule has 2 rings (SSSR count). The summed E-state index contributed by atoms with van der Waals surface area (Å²) in [5.41, 5.74) is 0.736. The van der Waals surface area contributed by atoms with E-state index in [2.05, 4.69) is 5.32 Å². The zero-order chi connectivity index (χ0) is 14.2. The molecule has 0 saturated heterocycles. The van der Waals surface area contributed by atoms with E-state index in [0.29, 0.717) is 4.88 Å². The summed E-state index contributed by atoms with van der Waals surface area (Å²) in [6.07, 6.45) is 3.22. The number of carboxylic acid groups (broad SMARTS) is 1. The standard InChI is InChI=1S/C14H19NO3S/c1-14(2,3)11(13(17)18)15-12(16)10-7-8-5-4-6-9(8)19-10/h7,11H,4-6H2,1-3H3,(H,15,16)(H,17,18)/t11-/m1/s1. The first-order valence-electron chi connectivity index (χ1n) is 6.44. The van der Waals surface area contributed by atoms with E-state index in [4.69, 9.17) is 0 Å². The summed E-state index contributed by atoms with van der Waals surface area (Å²) in [5, 5.41) is 11.8. The molecular weight excluding hydrogens is 262 g/mol. The van der Waals surface area contributed by atoms with Gasteiger partial charge in [0, 0.05) is 4.88 Å². The molecule has 0 radical (unpaired) electrons. The maximum absolute atomic E-state index is 12.1. The van der Waals surface area contributed by atoms with Crippen molar-refractivity contribution in [3.05, 3.63) is 21.4 Å². The molecule has 0 aliphatic heterocycles. The summed E-state index contributed by atoms with van der Waals surface area (Å²) in [6, 6.07) is 1.03. The maximum Gasteiger partial charge on any atom is 0.326 e. The third-order valence-electron chi connectivity index (χ3n) is 3.36. The number of nitrogens with one attached hydrogen (secondary N) is 1. The van der Waals surface area contributed by atoms with Crippen LogP contribution < -0.4 is 5.32 Å². The Labute approximate surface area is 116 Å². The molecule has 0 fully saturated rings. The monoisotopic (exact) mass is 281 g/mol. The molecule has 0 saturated carbocycles. The van der Waals surface area contributed by atoms with Gasteiger partial charge in [0.1, 0.15) is 6.04 Å². The first-order valence-corrected chi connectivity index (χ1v) is 7.26. The molecule has 1 amide bonds. The number of carbonyl (C=O) groups is 2. The van der Waals surface area contributed by atoms with Gasteiger partial charge in [-0.25, -0.2) is 4.79 Å². The van der Waals surface area contributed by atoms with Gasteiger partial charge < -0.3 is 10.4 Å². The van der Waals surface area contributed by atoms with Crippen LogP contribution in [0.4, 0.5) is 0 Å². The van der Waals surface area contributed by atoms with Crippen LogP contribution in [0.25, 0.3) is 0 Å². The van der Waals surface area contributed by atoms with Crippen molar-refractivity contribution in [3.63, 3.8) is 0 Å². The molecular formula is C14H19NO3S. The molecule has 4 nitrogen and oxygen atoms in total. The highest BCUT2D eigenvalue weighted by molar-refractivity contribution is 7.14. The number of aliphatic carboxylic acids is 1. The van der Waals surface area contributed by atoms with Crippen LogP contribution in [0.3, 0.4) is 0 Å². The summed E-state index contributed by atoms with van der Waals surface area (Å²) in [6.45, 7) is 5.42. The molecule has 104 valence electrons.